The van der Waals surface area contributed by atoms with Crippen LogP contribution >= 0.6 is 0 Å². The van der Waals surface area contributed by atoms with Crippen molar-refractivity contribution in [3.05, 3.63) is 93.4 Å². The molecule has 1 unspecified atom stereocenters. The molecule has 0 spiro atoms. The Balaban J connectivity index is 0.000000532. The van der Waals surface area contributed by atoms with Gasteiger partial charge in [-0.25, -0.2) is 14.2 Å². The summed E-state index contributed by atoms with van der Waals surface area (Å²) in [6.45, 7) is 1.56. The largest absolute Gasteiger partial charge is 0.501 e. The number of nitrogens with zero attached hydrogens (tertiary/aromatic N) is 2. The summed E-state index contributed by atoms with van der Waals surface area (Å²) in [6.07, 6.45) is -5.08. The summed E-state index contributed by atoms with van der Waals surface area (Å²) in [7, 11) is 0. The molecule has 208 valence electrons. The van der Waals surface area contributed by atoms with Crippen molar-refractivity contribution >= 4 is 11.9 Å². The van der Waals surface area contributed by atoms with E-state index >= 15 is 0 Å². The molecule has 1 aliphatic rings. The van der Waals surface area contributed by atoms with Crippen molar-refractivity contribution in [3.8, 4) is 5.75 Å². The molecule has 4 rings (SSSR count). The van der Waals surface area contributed by atoms with E-state index in [2.05, 4.69) is 15.6 Å². The van der Waals surface area contributed by atoms with E-state index < -0.39 is 35.4 Å². The van der Waals surface area contributed by atoms with Gasteiger partial charge in [0.15, 0.2) is 5.69 Å². The molecule has 0 bridgehead atoms. The van der Waals surface area contributed by atoms with Gasteiger partial charge in [-0.05, 0) is 23.3 Å². The summed E-state index contributed by atoms with van der Waals surface area (Å²) in [6, 6.07) is 14.9. The van der Waals surface area contributed by atoms with Crippen LogP contribution in [0.5, 0.6) is 5.75 Å². The van der Waals surface area contributed by atoms with Gasteiger partial charge < -0.3 is 25.6 Å². The first kappa shape index (κ1) is 29.3. The number of aromatic hydroxyl groups is 1. The second kappa shape index (κ2) is 13.0. The van der Waals surface area contributed by atoms with Crippen molar-refractivity contribution in [1.82, 2.24) is 20.2 Å². The molecule has 1 amide bonds. The number of hydrogen-bond donors (Lipinski definition) is 4. The van der Waals surface area contributed by atoms with Crippen LogP contribution in [-0.2, 0) is 29.2 Å². The highest BCUT2D eigenvalue weighted by molar-refractivity contribution is 5.94. The van der Waals surface area contributed by atoms with E-state index in [4.69, 9.17) is 14.6 Å². The fourth-order valence-electron chi connectivity index (χ4n) is 3.51. The molecule has 0 fully saturated rings. The molecule has 1 aliphatic heterocycles. The third-order valence-corrected chi connectivity index (χ3v) is 5.43. The van der Waals surface area contributed by atoms with Gasteiger partial charge in [0.1, 0.15) is 11.6 Å². The third-order valence-electron chi connectivity index (χ3n) is 5.43. The molecule has 0 aliphatic carbocycles. The quantitative estimate of drug-likeness (QED) is 0.328. The summed E-state index contributed by atoms with van der Waals surface area (Å²) in [5, 5.41) is 23.3. The molecule has 14 heteroatoms. The second-order valence-corrected chi connectivity index (χ2v) is 8.24. The monoisotopic (exact) mass is 552 g/mol. The number of alkyl halides is 3. The summed E-state index contributed by atoms with van der Waals surface area (Å²) >= 11 is 0. The van der Waals surface area contributed by atoms with Crippen molar-refractivity contribution in [1.29, 1.82) is 0 Å². The number of ether oxygens (including phenoxy) is 1. The Bertz CT molecular complexity index is 1350. The van der Waals surface area contributed by atoms with Gasteiger partial charge in [-0.15, -0.1) is 0 Å². The molecule has 1 aromatic heterocycles. The maximum absolute atomic E-state index is 13.0. The number of halogens is 4. The number of carboxylic acids is 1. The minimum Gasteiger partial charge on any atom is -0.501 e. The zero-order valence-electron chi connectivity index (χ0n) is 20.2. The van der Waals surface area contributed by atoms with E-state index in [9.17, 15) is 32.3 Å². The number of amides is 1. The van der Waals surface area contributed by atoms with Gasteiger partial charge in [-0.2, -0.15) is 13.2 Å². The summed E-state index contributed by atoms with van der Waals surface area (Å²) in [5.74, 6) is -4.19. The number of hydrogen-bond acceptors (Lipinski definition) is 7. The fraction of sp³-hybridized carbons (Fsp3) is 0.280. The zero-order valence-corrected chi connectivity index (χ0v) is 20.2. The number of fused-ring (bicyclic) bond motifs is 1. The van der Waals surface area contributed by atoms with Gasteiger partial charge in [-0.3, -0.25) is 14.2 Å². The van der Waals surface area contributed by atoms with E-state index in [1.54, 1.807) is 0 Å². The lowest BCUT2D eigenvalue weighted by molar-refractivity contribution is -0.192. The van der Waals surface area contributed by atoms with Crippen LogP contribution in [0.4, 0.5) is 17.6 Å². The Labute approximate surface area is 218 Å². The maximum Gasteiger partial charge on any atom is 0.490 e. The van der Waals surface area contributed by atoms with Gasteiger partial charge in [-0.1, -0.05) is 42.5 Å². The first-order valence-corrected chi connectivity index (χ1v) is 11.5. The van der Waals surface area contributed by atoms with E-state index in [-0.39, 0.29) is 24.7 Å². The number of benzene rings is 2. The standard InChI is InChI=1S/C23H23FN4O4.C2HF3O2/c24-17-8-6-15(7-9-17)12-26-22(30)19-20(29)23(31)28-11-10-25-18(21(28)27-19)14-32-13-16-4-2-1-3-5-16;3-2(4,5)1(6)7/h1-9,18,25,29H,10-14H2,(H,26,30);(H,6,7). The topological polar surface area (TPSA) is 143 Å². The van der Waals surface area contributed by atoms with Crippen LogP contribution in [0.1, 0.15) is 33.5 Å². The van der Waals surface area contributed by atoms with Crippen LogP contribution in [0.2, 0.25) is 0 Å². The van der Waals surface area contributed by atoms with Crippen LogP contribution in [0, 0.1) is 5.82 Å². The smallest absolute Gasteiger partial charge is 0.490 e. The Kier molecular flexibility index (Phi) is 9.73. The van der Waals surface area contributed by atoms with E-state index in [1.807, 2.05) is 30.3 Å². The highest BCUT2D eigenvalue weighted by Crippen LogP contribution is 2.19. The number of nitrogens with one attached hydrogen (secondary N) is 2. The number of carboxylic acid groups (broad SMARTS) is 1. The molecule has 0 radical (unpaired) electrons. The molecule has 0 saturated carbocycles. The molecular weight excluding hydrogens is 528 g/mol. The second-order valence-electron chi connectivity index (χ2n) is 8.24. The highest BCUT2D eigenvalue weighted by atomic mass is 19.4. The van der Waals surface area contributed by atoms with Gasteiger partial charge >= 0.3 is 12.1 Å². The van der Waals surface area contributed by atoms with Gasteiger partial charge in [0.2, 0.25) is 5.75 Å². The molecule has 4 N–H and O–H groups in total. The van der Waals surface area contributed by atoms with E-state index in [0.717, 1.165) is 5.56 Å². The number of carbonyl (C=O) groups excluding carboxylic acids is 1. The Morgan fingerprint density at radius 2 is 1.74 bits per heavy atom. The SMILES string of the molecule is O=C(NCc1ccc(F)cc1)c1nc2n(c(=O)c1O)CCNC2COCc1ccccc1.O=C(O)C(F)(F)F. The van der Waals surface area contributed by atoms with Crippen molar-refractivity contribution in [2.45, 2.75) is 31.9 Å². The number of aromatic nitrogens is 2. The zero-order chi connectivity index (χ0) is 28.6. The number of aliphatic carboxylic acids is 1. The van der Waals surface area contributed by atoms with Crippen LogP contribution in [-0.4, -0.2) is 51.0 Å². The predicted molar refractivity (Wildman–Crippen MR) is 128 cm³/mol. The van der Waals surface area contributed by atoms with Crippen molar-refractivity contribution in [2.24, 2.45) is 0 Å². The summed E-state index contributed by atoms with van der Waals surface area (Å²) in [4.78, 5) is 38.5. The maximum atomic E-state index is 13.0. The average molecular weight is 552 g/mol. The van der Waals surface area contributed by atoms with Crippen LogP contribution in [0.15, 0.2) is 59.4 Å². The lowest BCUT2D eigenvalue weighted by atomic mass is 10.2. The van der Waals surface area contributed by atoms with E-state index in [1.165, 1.54) is 28.8 Å². The first-order valence-electron chi connectivity index (χ1n) is 11.5. The summed E-state index contributed by atoms with van der Waals surface area (Å²) < 4.78 is 51.9. The predicted octanol–water partition coefficient (Wildman–Crippen LogP) is 2.51. The Hall–Kier alpha value is -4.30. The first-order chi connectivity index (χ1) is 18.5. The molecule has 1 atom stereocenters. The van der Waals surface area contributed by atoms with E-state index in [0.29, 0.717) is 31.1 Å². The van der Waals surface area contributed by atoms with Crippen molar-refractivity contribution in [2.75, 3.05) is 13.2 Å². The highest BCUT2D eigenvalue weighted by Gasteiger charge is 2.38. The van der Waals surface area contributed by atoms with Crippen LogP contribution in [0.25, 0.3) is 0 Å². The Morgan fingerprint density at radius 3 is 2.36 bits per heavy atom. The summed E-state index contributed by atoms with van der Waals surface area (Å²) in [5.41, 5.74) is 0.666. The van der Waals surface area contributed by atoms with Crippen LogP contribution in [0.3, 0.4) is 0 Å². The van der Waals surface area contributed by atoms with Crippen LogP contribution < -0.4 is 16.2 Å². The van der Waals surface area contributed by atoms with Gasteiger partial charge in [0.25, 0.3) is 11.5 Å². The Morgan fingerprint density at radius 1 is 1.10 bits per heavy atom. The fourth-order valence-corrected chi connectivity index (χ4v) is 3.51. The minimum atomic E-state index is -5.08. The average Bonchev–Trinajstić information content (AvgIpc) is 2.91. The molecule has 39 heavy (non-hydrogen) atoms. The molecule has 2 aromatic carbocycles. The lowest BCUT2D eigenvalue weighted by Crippen LogP contribution is -2.43. The van der Waals surface area contributed by atoms with Gasteiger partial charge in [0, 0.05) is 19.6 Å². The number of carbonyl (C=O) groups is 2. The van der Waals surface area contributed by atoms with Gasteiger partial charge in [0.05, 0.1) is 19.3 Å². The normalized spacial score (nSPS) is 14.5. The molecule has 3 aromatic rings. The minimum absolute atomic E-state index is 0.0977. The molecule has 0 saturated heterocycles. The molecular formula is C25H24F4N4O6. The number of rotatable bonds is 7. The molecule has 10 nitrogen and oxygen atoms in total. The lowest BCUT2D eigenvalue weighted by Gasteiger charge is -2.27. The molecule has 2 heterocycles. The third kappa shape index (κ3) is 8.09. The van der Waals surface area contributed by atoms with Crippen molar-refractivity contribution < 1.29 is 42.1 Å². The van der Waals surface area contributed by atoms with Crippen molar-refractivity contribution in [3.63, 3.8) is 0 Å².